The first kappa shape index (κ1) is 21.5. The second-order valence-electron chi connectivity index (χ2n) is 8.49. The molecule has 164 valence electrons. The van der Waals surface area contributed by atoms with Gasteiger partial charge in [0, 0.05) is 19.6 Å². The Morgan fingerprint density at radius 2 is 2.06 bits per heavy atom. The number of piperidine rings is 1. The average Bonchev–Trinajstić information content (AvgIpc) is 3.24. The Bertz CT molecular complexity index is 1120. The number of hydrogen-bond acceptors (Lipinski definition) is 5. The van der Waals surface area contributed by atoms with Gasteiger partial charge in [-0.25, -0.2) is 9.37 Å². The second-order valence-corrected chi connectivity index (χ2v) is 9.40. The van der Waals surface area contributed by atoms with Crippen LogP contribution in [-0.4, -0.2) is 35.1 Å². The molecule has 1 unspecified atom stereocenters. The fourth-order valence-corrected chi connectivity index (χ4v) is 4.69. The molecule has 1 N–H and O–H groups in total. The fraction of sp³-hybridized carbons (Fsp3) is 0.435. The topological polar surface area (TPSA) is 67.2 Å². The third-order valence-electron chi connectivity index (χ3n) is 5.56. The fourth-order valence-electron chi connectivity index (χ4n) is 3.91. The van der Waals surface area contributed by atoms with E-state index in [0.717, 1.165) is 24.9 Å². The molecule has 3 aromatic rings. The number of nitrogens with one attached hydrogen (secondary N) is 1. The molecule has 2 aromatic heterocycles. The van der Waals surface area contributed by atoms with Crippen LogP contribution in [0.1, 0.15) is 32.3 Å². The number of thiophene rings is 1. The maximum atomic E-state index is 13.3. The monoisotopic (exact) mass is 442 g/mol. The average molecular weight is 443 g/mol. The Balaban J connectivity index is 1.66. The number of rotatable bonds is 6. The molecule has 1 saturated heterocycles. The number of fused-ring (bicyclic) bond motifs is 1. The lowest BCUT2D eigenvalue weighted by Crippen LogP contribution is -2.45. The number of aromatic nitrogens is 2. The van der Waals surface area contributed by atoms with Gasteiger partial charge in [-0.3, -0.25) is 14.2 Å². The summed E-state index contributed by atoms with van der Waals surface area (Å²) >= 11 is 1.37. The van der Waals surface area contributed by atoms with Crippen molar-refractivity contribution in [2.45, 2.75) is 33.2 Å². The van der Waals surface area contributed by atoms with Crippen molar-refractivity contribution < 1.29 is 9.18 Å². The molecule has 1 atom stereocenters. The highest BCUT2D eigenvalue weighted by Crippen LogP contribution is 2.25. The third-order valence-corrected chi connectivity index (χ3v) is 6.45. The van der Waals surface area contributed by atoms with Crippen LogP contribution in [0.25, 0.3) is 10.2 Å². The van der Waals surface area contributed by atoms with Gasteiger partial charge in [0.25, 0.3) is 5.56 Å². The summed E-state index contributed by atoms with van der Waals surface area (Å²) in [5.41, 5.74) is 1.39. The first-order valence-electron chi connectivity index (χ1n) is 10.7. The van der Waals surface area contributed by atoms with Crippen molar-refractivity contribution in [2.75, 3.05) is 24.5 Å². The maximum absolute atomic E-state index is 13.3. The van der Waals surface area contributed by atoms with Gasteiger partial charge in [-0.15, -0.1) is 11.3 Å². The van der Waals surface area contributed by atoms with Crippen molar-refractivity contribution in [1.29, 1.82) is 0 Å². The Kier molecular flexibility index (Phi) is 6.36. The quantitative estimate of drug-likeness (QED) is 0.633. The minimum atomic E-state index is -0.311. The van der Waals surface area contributed by atoms with Crippen LogP contribution in [0, 0.1) is 17.7 Å². The zero-order valence-electron chi connectivity index (χ0n) is 17.8. The molecular formula is C23H27FN4O2S. The highest BCUT2D eigenvalue weighted by atomic mass is 32.1. The van der Waals surface area contributed by atoms with Gasteiger partial charge >= 0.3 is 0 Å². The molecule has 0 saturated carbocycles. The minimum Gasteiger partial charge on any atom is -0.356 e. The lowest BCUT2D eigenvalue weighted by Gasteiger charge is -2.34. The van der Waals surface area contributed by atoms with Crippen molar-refractivity contribution in [3.63, 3.8) is 0 Å². The van der Waals surface area contributed by atoms with Gasteiger partial charge in [0.15, 0.2) is 0 Å². The van der Waals surface area contributed by atoms with Crippen molar-refractivity contribution in [3.05, 3.63) is 57.4 Å². The number of nitrogens with zero attached hydrogens (tertiary/aromatic N) is 3. The van der Waals surface area contributed by atoms with Gasteiger partial charge in [-0.2, -0.15) is 0 Å². The summed E-state index contributed by atoms with van der Waals surface area (Å²) in [5.74, 6) is 0.576. The third kappa shape index (κ3) is 4.79. The molecule has 31 heavy (non-hydrogen) atoms. The Morgan fingerprint density at radius 1 is 1.29 bits per heavy atom. The summed E-state index contributed by atoms with van der Waals surface area (Å²) in [6, 6.07) is 8.01. The Labute approximate surface area is 184 Å². The summed E-state index contributed by atoms with van der Waals surface area (Å²) in [7, 11) is 0. The van der Waals surface area contributed by atoms with Gasteiger partial charge in [-0.1, -0.05) is 26.0 Å². The van der Waals surface area contributed by atoms with Crippen LogP contribution < -0.4 is 15.8 Å². The smallest absolute Gasteiger partial charge is 0.273 e. The van der Waals surface area contributed by atoms with Gasteiger partial charge in [0.1, 0.15) is 10.5 Å². The van der Waals surface area contributed by atoms with E-state index in [4.69, 9.17) is 4.98 Å². The van der Waals surface area contributed by atoms with E-state index in [9.17, 15) is 14.0 Å². The molecule has 4 rings (SSSR count). The molecule has 0 radical (unpaired) electrons. The van der Waals surface area contributed by atoms with E-state index in [1.54, 1.807) is 16.7 Å². The van der Waals surface area contributed by atoms with Crippen molar-refractivity contribution >= 4 is 33.4 Å². The standard InChI is InChI=1S/C23H27FN4O2S/c1-15(2)12-25-21(29)17-4-3-10-27(14-17)23-26-19-9-11-31-20(19)22(30)28(23)13-16-5-7-18(24)8-6-16/h5-9,11,15,17H,3-4,10,12-14H2,1-2H3,(H,25,29). The highest BCUT2D eigenvalue weighted by Gasteiger charge is 2.28. The summed E-state index contributed by atoms with van der Waals surface area (Å²) < 4.78 is 15.6. The second kappa shape index (κ2) is 9.18. The lowest BCUT2D eigenvalue weighted by atomic mass is 9.97. The number of halogens is 1. The Morgan fingerprint density at radius 3 is 2.81 bits per heavy atom. The molecule has 0 spiro atoms. The molecular weight excluding hydrogens is 415 g/mol. The van der Waals surface area contributed by atoms with Crippen LogP contribution in [0.15, 0.2) is 40.5 Å². The van der Waals surface area contributed by atoms with Crippen LogP contribution in [0.2, 0.25) is 0 Å². The van der Waals surface area contributed by atoms with Crippen LogP contribution in [0.4, 0.5) is 10.3 Å². The number of benzene rings is 1. The van der Waals surface area contributed by atoms with Crippen molar-refractivity contribution in [1.82, 2.24) is 14.9 Å². The Hall–Kier alpha value is -2.74. The van der Waals surface area contributed by atoms with E-state index in [1.807, 2.05) is 16.3 Å². The first-order chi connectivity index (χ1) is 14.9. The molecule has 3 heterocycles. The zero-order chi connectivity index (χ0) is 22.0. The zero-order valence-corrected chi connectivity index (χ0v) is 18.6. The molecule has 1 amide bonds. The molecule has 1 aromatic carbocycles. The molecule has 1 aliphatic rings. The SMILES string of the molecule is CC(C)CNC(=O)C1CCCN(c2nc3ccsc3c(=O)n2Cc2ccc(F)cc2)C1. The number of amides is 1. The van der Waals surface area contributed by atoms with Gasteiger partial charge in [0.05, 0.1) is 18.0 Å². The van der Waals surface area contributed by atoms with E-state index in [2.05, 4.69) is 19.2 Å². The molecule has 0 aliphatic carbocycles. The van der Waals surface area contributed by atoms with Gasteiger partial charge in [0.2, 0.25) is 11.9 Å². The lowest BCUT2D eigenvalue weighted by molar-refractivity contribution is -0.125. The van der Waals surface area contributed by atoms with Gasteiger partial charge in [-0.05, 0) is 47.9 Å². The summed E-state index contributed by atoms with van der Waals surface area (Å²) in [6.45, 7) is 6.36. The number of carbonyl (C=O) groups is 1. The number of carbonyl (C=O) groups excluding carboxylic acids is 1. The molecule has 0 bridgehead atoms. The van der Waals surface area contributed by atoms with Crippen LogP contribution in [0.5, 0.6) is 0 Å². The summed E-state index contributed by atoms with van der Waals surface area (Å²) in [6.07, 6.45) is 1.68. The van der Waals surface area contributed by atoms with E-state index < -0.39 is 0 Å². The van der Waals surface area contributed by atoms with E-state index in [0.29, 0.717) is 41.7 Å². The van der Waals surface area contributed by atoms with Crippen molar-refractivity contribution in [3.8, 4) is 0 Å². The normalized spacial score (nSPS) is 16.8. The van der Waals surface area contributed by atoms with E-state index in [-0.39, 0.29) is 23.2 Å². The predicted molar refractivity (Wildman–Crippen MR) is 122 cm³/mol. The molecule has 1 fully saturated rings. The molecule has 6 nitrogen and oxygen atoms in total. The number of hydrogen-bond donors (Lipinski definition) is 1. The van der Waals surface area contributed by atoms with Crippen LogP contribution >= 0.6 is 11.3 Å². The van der Waals surface area contributed by atoms with Crippen molar-refractivity contribution in [2.24, 2.45) is 11.8 Å². The molecule has 8 heteroatoms. The first-order valence-corrected chi connectivity index (χ1v) is 11.6. The van der Waals surface area contributed by atoms with Crippen LogP contribution in [0.3, 0.4) is 0 Å². The molecule has 1 aliphatic heterocycles. The predicted octanol–water partition coefficient (Wildman–Crippen LogP) is 3.63. The maximum Gasteiger partial charge on any atom is 0.273 e. The number of anilines is 1. The minimum absolute atomic E-state index is 0.0578. The van der Waals surface area contributed by atoms with Gasteiger partial charge < -0.3 is 10.2 Å². The summed E-state index contributed by atoms with van der Waals surface area (Å²) in [5, 5.41) is 4.90. The van der Waals surface area contributed by atoms with E-state index >= 15 is 0 Å². The van der Waals surface area contributed by atoms with E-state index in [1.165, 1.54) is 23.5 Å². The largest absolute Gasteiger partial charge is 0.356 e. The summed E-state index contributed by atoms with van der Waals surface area (Å²) in [4.78, 5) is 32.8. The van der Waals surface area contributed by atoms with Crippen LogP contribution in [-0.2, 0) is 11.3 Å². The highest BCUT2D eigenvalue weighted by molar-refractivity contribution is 7.17.